The summed E-state index contributed by atoms with van der Waals surface area (Å²) in [6.45, 7) is 0. The molecule has 0 aliphatic carbocycles. The fourth-order valence-corrected chi connectivity index (χ4v) is 2.08. The van der Waals surface area contributed by atoms with Crippen molar-refractivity contribution in [2.75, 3.05) is 0 Å². The van der Waals surface area contributed by atoms with Gasteiger partial charge in [0, 0.05) is 16.1 Å². The molecular formula is C19H11ClO2. The van der Waals surface area contributed by atoms with Gasteiger partial charge >= 0.3 is 0 Å². The summed E-state index contributed by atoms with van der Waals surface area (Å²) in [5.41, 5.74) is 1.48. The van der Waals surface area contributed by atoms with Gasteiger partial charge in [-0.25, -0.2) is 0 Å². The first-order chi connectivity index (χ1) is 10.7. The van der Waals surface area contributed by atoms with Crippen LogP contribution in [0.3, 0.4) is 0 Å². The van der Waals surface area contributed by atoms with Crippen LogP contribution in [0.5, 0.6) is 0 Å². The summed E-state index contributed by atoms with van der Waals surface area (Å²) in [6.07, 6.45) is 0. The summed E-state index contributed by atoms with van der Waals surface area (Å²) in [5.74, 6) is 6.25. The Bertz CT molecular complexity index is 850. The van der Waals surface area contributed by atoms with Gasteiger partial charge in [-0.2, -0.15) is 0 Å². The first-order valence-corrected chi connectivity index (χ1v) is 7.07. The Morgan fingerprint density at radius 2 is 1.64 bits per heavy atom. The molecule has 2 nitrogen and oxygen atoms in total. The fraction of sp³-hybridized carbons (Fsp3) is 0. The van der Waals surface area contributed by atoms with E-state index in [1.165, 1.54) is 0 Å². The zero-order valence-electron chi connectivity index (χ0n) is 11.5. The van der Waals surface area contributed by atoms with Crippen LogP contribution in [0.4, 0.5) is 0 Å². The second kappa shape index (κ2) is 6.34. The molecule has 0 spiro atoms. The lowest BCUT2D eigenvalue weighted by Crippen LogP contribution is -1.93. The van der Waals surface area contributed by atoms with Crippen LogP contribution in [0.1, 0.15) is 16.1 Å². The van der Waals surface area contributed by atoms with Crippen LogP contribution in [0.15, 0.2) is 71.1 Å². The van der Waals surface area contributed by atoms with E-state index >= 15 is 0 Å². The van der Waals surface area contributed by atoms with Crippen LogP contribution in [-0.4, -0.2) is 5.78 Å². The van der Waals surface area contributed by atoms with Crippen molar-refractivity contribution in [2.24, 2.45) is 0 Å². The molecule has 0 atom stereocenters. The number of benzene rings is 2. The average Bonchev–Trinajstić information content (AvgIpc) is 3.03. The van der Waals surface area contributed by atoms with Gasteiger partial charge in [0.2, 0.25) is 5.78 Å². The van der Waals surface area contributed by atoms with E-state index in [9.17, 15) is 4.79 Å². The Morgan fingerprint density at radius 3 is 2.36 bits per heavy atom. The van der Waals surface area contributed by atoms with Gasteiger partial charge < -0.3 is 4.42 Å². The van der Waals surface area contributed by atoms with E-state index in [2.05, 4.69) is 11.8 Å². The van der Waals surface area contributed by atoms with Gasteiger partial charge in [0.25, 0.3) is 0 Å². The predicted octanol–water partition coefficient (Wildman–Crippen LogP) is 4.83. The maximum atomic E-state index is 11.9. The minimum atomic E-state index is -0.231. The molecule has 0 amide bonds. The molecule has 0 saturated carbocycles. The molecule has 0 radical (unpaired) electrons. The zero-order valence-corrected chi connectivity index (χ0v) is 12.3. The van der Waals surface area contributed by atoms with Crippen LogP contribution in [0.25, 0.3) is 11.3 Å². The molecule has 0 N–H and O–H groups in total. The molecule has 22 heavy (non-hydrogen) atoms. The number of hydrogen-bond acceptors (Lipinski definition) is 2. The molecule has 0 bridgehead atoms. The highest BCUT2D eigenvalue weighted by molar-refractivity contribution is 6.30. The van der Waals surface area contributed by atoms with Crippen molar-refractivity contribution in [3.05, 3.63) is 83.1 Å². The topological polar surface area (TPSA) is 30.2 Å². The molecule has 1 aromatic heterocycles. The van der Waals surface area contributed by atoms with Gasteiger partial charge in [0.1, 0.15) is 5.76 Å². The zero-order chi connectivity index (χ0) is 15.4. The van der Waals surface area contributed by atoms with Gasteiger partial charge in [-0.05, 0) is 48.2 Å². The third kappa shape index (κ3) is 3.28. The molecule has 2 aromatic carbocycles. The van der Waals surface area contributed by atoms with E-state index in [0.29, 0.717) is 22.1 Å². The highest BCUT2D eigenvalue weighted by Crippen LogP contribution is 2.23. The summed E-state index contributed by atoms with van der Waals surface area (Å²) in [7, 11) is 0. The van der Waals surface area contributed by atoms with E-state index in [1.807, 2.05) is 24.3 Å². The summed E-state index contributed by atoms with van der Waals surface area (Å²) in [4.78, 5) is 11.9. The number of halogens is 1. The van der Waals surface area contributed by atoms with Gasteiger partial charge in [-0.1, -0.05) is 41.9 Å². The smallest absolute Gasteiger partial charge is 0.236 e. The minimum Gasteiger partial charge on any atom is -0.448 e. The first kappa shape index (κ1) is 14.2. The van der Waals surface area contributed by atoms with E-state index in [4.69, 9.17) is 16.0 Å². The monoisotopic (exact) mass is 306 g/mol. The largest absolute Gasteiger partial charge is 0.448 e. The van der Waals surface area contributed by atoms with Gasteiger partial charge in [0.15, 0.2) is 5.76 Å². The highest BCUT2D eigenvalue weighted by Gasteiger charge is 2.04. The summed E-state index contributed by atoms with van der Waals surface area (Å²) >= 11 is 5.86. The first-order valence-electron chi connectivity index (χ1n) is 6.69. The molecule has 0 unspecified atom stereocenters. The Morgan fingerprint density at radius 1 is 0.909 bits per heavy atom. The SMILES string of the molecule is O=C(C#Cc1ccc(-c2ccc(Cl)cc2)o1)c1ccccc1. The Labute approximate surface area is 133 Å². The molecule has 3 rings (SSSR count). The molecule has 3 heteroatoms. The number of carbonyl (C=O) groups excluding carboxylic acids is 1. The predicted molar refractivity (Wildman–Crippen MR) is 86.8 cm³/mol. The fourth-order valence-electron chi connectivity index (χ4n) is 1.95. The standard InChI is InChI=1S/C19H11ClO2/c20-16-8-6-15(7-9-16)19-13-11-17(22-19)10-12-18(21)14-4-2-1-3-5-14/h1-9,11,13H. The van der Waals surface area contributed by atoms with Crippen molar-refractivity contribution in [3.8, 4) is 23.2 Å². The Kier molecular flexibility index (Phi) is 4.09. The lowest BCUT2D eigenvalue weighted by atomic mass is 10.1. The number of ketones is 1. The second-order valence-corrected chi connectivity index (χ2v) is 5.05. The van der Waals surface area contributed by atoms with Crippen LogP contribution in [0.2, 0.25) is 5.02 Å². The minimum absolute atomic E-state index is 0.231. The quantitative estimate of drug-likeness (QED) is 0.501. The highest BCUT2D eigenvalue weighted by atomic mass is 35.5. The van der Waals surface area contributed by atoms with Crippen molar-refractivity contribution in [1.29, 1.82) is 0 Å². The van der Waals surface area contributed by atoms with Crippen LogP contribution < -0.4 is 0 Å². The number of Topliss-reactive ketones (excluding diaryl/α,β-unsaturated/α-hetero) is 1. The number of carbonyl (C=O) groups is 1. The second-order valence-electron chi connectivity index (χ2n) is 4.62. The van der Waals surface area contributed by atoms with Gasteiger partial charge in [0.05, 0.1) is 0 Å². The maximum Gasteiger partial charge on any atom is 0.236 e. The molecule has 1 heterocycles. The molecule has 0 aliphatic heterocycles. The summed E-state index contributed by atoms with van der Waals surface area (Å²) < 4.78 is 5.63. The summed E-state index contributed by atoms with van der Waals surface area (Å²) in [6, 6.07) is 19.8. The van der Waals surface area contributed by atoms with Crippen molar-refractivity contribution in [2.45, 2.75) is 0 Å². The number of hydrogen-bond donors (Lipinski definition) is 0. The molecule has 0 saturated heterocycles. The lowest BCUT2D eigenvalue weighted by Gasteiger charge is -1.95. The van der Waals surface area contributed by atoms with Crippen molar-refractivity contribution < 1.29 is 9.21 Å². The van der Waals surface area contributed by atoms with E-state index in [1.54, 1.807) is 42.5 Å². The van der Waals surface area contributed by atoms with Gasteiger partial charge in [-0.3, -0.25) is 4.79 Å². The molecule has 106 valence electrons. The molecule has 0 fully saturated rings. The van der Waals surface area contributed by atoms with Crippen LogP contribution >= 0.6 is 11.6 Å². The third-order valence-corrected chi connectivity index (χ3v) is 3.32. The van der Waals surface area contributed by atoms with Crippen molar-refractivity contribution in [1.82, 2.24) is 0 Å². The Balaban J connectivity index is 1.79. The van der Waals surface area contributed by atoms with Crippen molar-refractivity contribution >= 4 is 17.4 Å². The van der Waals surface area contributed by atoms with E-state index < -0.39 is 0 Å². The van der Waals surface area contributed by atoms with Crippen LogP contribution in [-0.2, 0) is 0 Å². The van der Waals surface area contributed by atoms with E-state index in [0.717, 1.165) is 5.56 Å². The van der Waals surface area contributed by atoms with E-state index in [-0.39, 0.29) is 5.78 Å². The van der Waals surface area contributed by atoms with Gasteiger partial charge in [-0.15, -0.1) is 0 Å². The number of furan rings is 1. The lowest BCUT2D eigenvalue weighted by molar-refractivity contribution is 0.105. The molecule has 3 aromatic rings. The Hall–Kier alpha value is -2.76. The van der Waals surface area contributed by atoms with Crippen molar-refractivity contribution in [3.63, 3.8) is 0 Å². The normalized spacial score (nSPS) is 9.86. The van der Waals surface area contributed by atoms with Crippen LogP contribution in [0, 0.1) is 11.8 Å². The average molecular weight is 307 g/mol. The maximum absolute atomic E-state index is 11.9. The number of rotatable bonds is 2. The third-order valence-electron chi connectivity index (χ3n) is 3.07. The molecular weight excluding hydrogens is 296 g/mol. The summed E-state index contributed by atoms with van der Waals surface area (Å²) in [5, 5.41) is 0.670. The molecule has 0 aliphatic rings.